The minimum Gasteiger partial charge on any atom is -0.507 e. The second-order valence-electron chi connectivity index (χ2n) is 9.47. The molecule has 0 bridgehead atoms. The molecule has 0 aliphatic rings. The molecule has 3 rings (SSSR count). The number of carbonyl (C=O) groups is 1. The van der Waals surface area contributed by atoms with Gasteiger partial charge in [-0.05, 0) is 90.0 Å². The lowest BCUT2D eigenvalue weighted by Crippen LogP contribution is -2.25. The van der Waals surface area contributed by atoms with Gasteiger partial charge < -0.3 is 19.9 Å². The maximum atomic E-state index is 13.5. The molecule has 11 heteroatoms. The lowest BCUT2D eigenvalue weighted by atomic mass is 9.98. The fourth-order valence-electron chi connectivity index (χ4n) is 4.10. The van der Waals surface area contributed by atoms with Gasteiger partial charge in [-0.15, -0.1) is 11.8 Å². The van der Waals surface area contributed by atoms with Crippen molar-refractivity contribution in [3.8, 4) is 16.9 Å². The third-order valence-electron chi connectivity index (χ3n) is 6.04. The molecule has 3 aromatic rings. The summed E-state index contributed by atoms with van der Waals surface area (Å²) in [4.78, 5) is 32.6. The number of H-pyrrole nitrogens is 1. The number of nitrogens with zero attached hydrogens (tertiary/aromatic N) is 2. The van der Waals surface area contributed by atoms with Crippen molar-refractivity contribution < 1.29 is 23.1 Å². The van der Waals surface area contributed by atoms with E-state index < -0.39 is 17.3 Å². The molecule has 0 unspecified atom stereocenters. The normalized spacial score (nSPS) is 12.1. The van der Waals surface area contributed by atoms with E-state index in [0.29, 0.717) is 12.8 Å². The monoisotopic (exact) mass is 569 g/mol. The van der Waals surface area contributed by atoms with Gasteiger partial charge in [0.25, 0.3) is 5.56 Å². The SMILES string of the molecule is CN(C)CCCN(C)CCCC(=O)CSc1c(-c2cc(Cl)ccc2O)c2cc(C(F)(F)F)ccc2[nH]c1=O. The van der Waals surface area contributed by atoms with E-state index in [4.69, 9.17) is 11.6 Å². The number of carbonyl (C=O) groups excluding carboxylic acids is 1. The van der Waals surface area contributed by atoms with Crippen LogP contribution in [0.5, 0.6) is 5.75 Å². The van der Waals surface area contributed by atoms with E-state index in [2.05, 4.69) is 14.8 Å². The Morgan fingerprint density at radius 3 is 2.45 bits per heavy atom. The van der Waals surface area contributed by atoms with E-state index in [1.165, 1.54) is 24.3 Å². The van der Waals surface area contributed by atoms with Crippen molar-refractivity contribution in [1.82, 2.24) is 14.8 Å². The zero-order chi connectivity index (χ0) is 28.0. The molecule has 1 aromatic heterocycles. The van der Waals surface area contributed by atoms with Crippen molar-refractivity contribution in [3.05, 3.63) is 57.3 Å². The number of nitrogens with one attached hydrogen (secondary N) is 1. The van der Waals surface area contributed by atoms with Gasteiger partial charge in [0.1, 0.15) is 11.5 Å². The summed E-state index contributed by atoms with van der Waals surface area (Å²) >= 11 is 7.07. The number of hydrogen-bond acceptors (Lipinski definition) is 6. The molecule has 0 radical (unpaired) electrons. The number of aromatic hydroxyl groups is 1. The van der Waals surface area contributed by atoms with Crippen LogP contribution in [0.1, 0.15) is 24.8 Å². The molecule has 0 saturated carbocycles. The van der Waals surface area contributed by atoms with Gasteiger partial charge in [-0.25, -0.2) is 0 Å². The number of halogens is 4. The van der Waals surface area contributed by atoms with Crippen molar-refractivity contribution in [3.63, 3.8) is 0 Å². The topological polar surface area (TPSA) is 76.6 Å². The van der Waals surface area contributed by atoms with Crippen LogP contribution in [-0.4, -0.2) is 72.2 Å². The number of aromatic amines is 1. The quantitative estimate of drug-likeness (QED) is 0.265. The lowest BCUT2D eigenvalue weighted by Gasteiger charge is -2.18. The van der Waals surface area contributed by atoms with Gasteiger partial charge in [0, 0.05) is 33.5 Å². The van der Waals surface area contributed by atoms with Crippen LogP contribution in [0.15, 0.2) is 46.1 Å². The molecule has 0 saturated heterocycles. The predicted molar refractivity (Wildman–Crippen MR) is 147 cm³/mol. The van der Waals surface area contributed by atoms with E-state index in [9.17, 15) is 27.9 Å². The summed E-state index contributed by atoms with van der Waals surface area (Å²) in [7, 11) is 6.04. The Labute approximate surface area is 228 Å². The number of hydrogen-bond donors (Lipinski definition) is 2. The fourth-order valence-corrected chi connectivity index (χ4v) is 5.27. The predicted octanol–water partition coefficient (Wildman–Crippen LogP) is 5.90. The number of phenols is 1. The molecule has 0 spiro atoms. The molecule has 2 N–H and O–H groups in total. The Morgan fingerprint density at radius 2 is 1.76 bits per heavy atom. The average Bonchev–Trinajstić information content (AvgIpc) is 2.83. The van der Waals surface area contributed by atoms with Crippen LogP contribution in [0.25, 0.3) is 22.0 Å². The molecule has 6 nitrogen and oxygen atoms in total. The number of ketones is 1. The molecule has 206 valence electrons. The standard InChI is InChI=1S/C27H31ClF3N3O3S/c1-33(2)11-5-13-34(3)12-4-6-19(35)16-38-25-24(21-15-18(28)8-10-23(21)36)20-14-17(27(29,30)31)7-9-22(20)32-26(25)37/h7-10,14-15,36H,4-6,11-13,16H2,1-3H3,(H,32,37). The van der Waals surface area contributed by atoms with Crippen LogP contribution < -0.4 is 5.56 Å². The average molecular weight is 570 g/mol. The van der Waals surface area contributed by atoms with Crippen LogP contribution in [0.4, 0.5) is 13.2 Å². The highest BCUT2D eigenvalue weighted by Crippen LogP contribution is 2.42. The van der Waals surface area contributed by atoms with Gasteiger partial charge in [0.15, 0.2) is 0 Å². The number of benzene rings is 2. The van der Waals surface area contributed by atoms with E-state index in [1.54, 1.807) is 0 Å². The zero-order valence-electron chi connectivity index (χ0n) is 21.5. The van der Waals surface area contributed by atoms with Crippen molar-refractivity contribution in [2.45, 2.75) is 30.3 Å². The highest BCUT2D eigenvalue weighted by Gasteiger charge is 2.31. The summed E-state index contributed by atoms with van der Waals surface area (Å²) in [6.07, 6.45) is -2.62. The molecule has 0 atom stereocenters. The van der Waals surface area contributed by atoms with Gasteiger partial charge in [-0.1, -0.05) is 11.6 Å². The van der Waals surface area contributed by atoms with Crippen LogP contribution in [0.2, 0.25) is 5.02 Å². The Kier molecular flexibility index (Phi) is 10.3. The first kappa shape index (κ1) is 30.0. The number of thioether (sulfide) groups is 1. The number of aromatic nitrogens is 1. The zero-order valence-corrected chi connectivity index (χ0v) is 23.1. The summed E-state index contributed by atoms with van der Waals surface area (Å²) in [6, 6.07) is 7.13. The second kappa shape index (κ2) is 13.0. The minimum atomic E-state index is -4.61. The van der Waals surface area contributed by atoms with Gasteiger partial charge in [0.05, 0.1) is 16.2 Å². The summed E-state index contributed by atoms with van der Waals surface area (Å²) in [5.41, 5.74) is -1.08. The van der Waals surface area contributed by atoms with Crippen molar-refractivity contribution in [1.29, 1.82) is 0 Å². The Balaban J connectivity index is 1.86. The van der Waals surface area contributed by atoms with Gasteiger partial charge in [-0.2, -0.15) is 13.2 Å². The molecule has 1 heterocycles. The van der Waals surface area contributed by atoms with Crippen molar-refractivity contribution in [2.24, 2.45) is 0 Å². The molecule has 0 fully saturated rings. The maximum Gasteiger partial charge on any atom is 0.416 e. The largest absolute Gasteiger partial charge is 0.507 e. The first-order valence-corrected chi connectivity index (χ1v) is 13.5. The van der Waals surface area contributed by atoms with E-state index >= 15 is 0 Å². The van der Waals surface area contributed by atoms with Crippen LogP contribution in [0.3, 0.4) is 0 Å². The van der Waals surface area contributed by atoms with E-state index in [-0.39, 0.29) is 49.2 Å². The third kappa shape index (κ3) is 7.99. The number of phenolic OH excluding ortho intramolecular Hbond substituents is 1. The van der Waals surface area contributed by atoms with Crippen LogP contribution >= 0.6 is 23.4 Å². The summed E-state index contributed by atoms with van der Waals surface area (Å²) in [5, 5.41) is 10.9. The first-order valence-electron chi connectivity index (χ1n) is 12.1. The molecule has 0 amide bonds. The van der Waals surface area contributed by atoms with Crippen molar-refractivity contribution in [2.75, 3.05) is 46.5 Å². The summed E-state index contributed by atoms with van der Waals surface area (Å²) in [6.45, 7) is 2.65. The summed E-state index contributed by atoms with van der Waals surface area (Å²) in [5.74, 6) is -0.364. The van der Waals surface area contributed by atoms with Crippen LogP contribution in [0, 0.1) is 0 Å². The smallest absolute Gasteiger partial charge is 0.416 e. The molecular weight excluding hydrogens is 539 g/mol. The van der Waals surface area contributed by atoms with Gasteiger partial charge in [-0.3, -0.25) is 9.59 Å². The van der Waals surface area contributed by atoms with Gasteiger partial charge in [0.2, 0.25) is 0 Å². The van der Waals surface area contributed by atoms with Gasteiger partial charge >= 0.3 is 6.18 Å². The Hall–Kier alpha value is -2.53. The second-order valence-corrected chi connectivity index (χ2v) is 10.9. The maximum absolute atomic E-state index is 13.5. The lowest BCUT2D eigenvalue weighted by molar-refractivity contribution is -0.137. The fraction of sp³-hybridized carbons (Fsp3) is 0.407. The number of fused-ring (bicyclic) bond motifs is 1. The highest BCUT2D eigenvalue weighted by molar-refractivity contribution is 8.00. The molecule has 0 aliphatic heterocycles. The molecule has 0 aliphatic carbocycles. The number of alkyl halides is 3. The first-order chi connectivity index (χ1) is 17.9. The third-order valence-corrected chi connectivity index (χ3v) is 7.42. The number of pyridine rings is 1. The number of Topliss-reactive ketones (excluding diaryl/α,β-unsaturated/α-hetero) is 1. The van der Waals surface area contributed by atoms with Crippen LogP contribution in [-0.2, 0) is 11.0 Å². The molecular formula is C27H31ClF3N3O3S. The Bertz CT molecular complexity index is 1340. The van der Waals surface area contributed by atoms with Crippen molar-refractivity contribution >= 4 is 40.0 Å². The number of rotatable bonds is 12. The minimum absolute atomic E-state index is 0.0355. The molecule has 38 heavy (non-hydrogen) atoms. The Morgan fingerprint density at radius 1 is 1.05 bits per heavy atom. The van der Waals surface area contributed by atoms with E-state index in [0.717, 1.165) is 49.9 Å². The molecule has 2 aromatic carbocycles. The van der Waals surface area contributed by atoms with E-state index in [1.807, 2.05) is 21.1 Å². The summed E-state index contributed by atoms with van der Waals surface area (Å²) < 4.78 is 40.5. The highest BCUT2D eigenvalue weighted by atomic mass is 35.5.